The number of aliphatic hydroxyl groups is 1. The van der Waals surface area contributed by atoms with E-state index < -0.39 is 0 Å². The van der Waals surface area contributed by atoms with Crippen molar-refractivity contribution >= 4 is 0 Å². The fourth-order valence-corrected chi connectivity index (χ4v) is 1.87. The summed E-state index contributed by atoms with van der Waals surface area (Å²) in [5.41, 5.74) is 0. The molecule has 0 spiro atoms. The number of aliphatic hydroxyl groups excluding tert-OH is 1. The van der Waals surface area contributed by atoms with Crippen LogP contribution in [0.3, 0.4) is 0 Å². The maximum absolute atomic E-state index is 8.66. The molecule has 0 radical (unpaired) electrons. The highest BCUT2D eigenvalue weighted by molar-refractivity contribution is 4.66. The third-order valence-corrected chi connectivity index (χ3v) is 2.92. The summed E-state index contributed by atoms with van der Waals surface area (Å²) in [6.07, 6.45) is 6.51. The Labute approximate surface area is 87.3 Å². The van der Waals surface area contributed by atoms with E-state index in [4.69, 9.17) is 5.11 Å². The van der Waals surface area contributed by atoms with Crippen molar-refractivity contribution in [2.45, 2.75) is 32.1 Å². The van der Waals surface area contributed by atoms with Gasteiger partial charge in [0, 0.05) is 6.61 Å². The second-order valence-electron chi connectivity index (χ2n) is 4.19. The van der Waals surface area contributed by atoms with Crippen LogP contribution in [-0.4, -0.2) is 37.9 Å². The summed E-state index contributed by atoms with van der Waals surface area (Å²) in [4.78, 5) is 0. The smallest absolute Gasteiger partial charge is 0.0460 e. The zero-order chi connectivity index (χ0) is 10.1. The first-order valence-electron chi connectivity index (χ1n) is 5.96. The molecule has 3 nitrogen and oxygen atoms in total. The van der Waals surface area contributed by atoms with Crippen molar-refractivity contribution in [1.82, 2.24) is 10.6 Å². The normalized spacial score (nSPS) is 23.8. The molecule has 0 aromatic heterocycles. The highest BCUT2D eigenvalue weighted by Gasteiger charge is 2.10. The molecule has 0 bridgehead atoms. The molecule has 84 valence electrons. The van der Waals surface area contributed by atoms with Crippen LogP contribution in [0.1, 0.15) is 32.1 Å². The molecular weight excluding hydrogens is 176 g/mol. The van der Waals surface area contributed by atoms with Crippen LogP contribution in [0.25, 0.3) is 0 Å². The summed E-state index contributed by atoms with van der Waals surface area (Å²) in [7, 11) is 0. The molecule has 2 aliphatic rings. The number of piperidine rings is 2. The Morgan fingerprint density at radius 1 is 0.857 bits per heavy atom. The summed E-state index contributed by atoms with van der Waals surface area (Å²) in [5, 5.41) is 15.2. The molecule has 0 aromatic carbocycles. The fraction of sp³-hybridized carbons (Fsp3) is 1.00. The molecule has 0 saturated carbocycles. The van der Waals surface area contributed by atoms with Crippen molar-refractivity contribution in [3.05, 3.63) is 0 Å². The summed E-state index contributed by atoms with van der Waals surface area (Å²) in [6.45, 7) is 5.05. The van der Waals surface area contributed by atoms with Gasteiger partial charge in [-0.25, -0.2) is 0 Å². The molecule has 2 saturated heterocycles. The molecule has 0 aliphatic carbocycles. The SMILES string of the molecule is C1CCNCC1.OCC1CCNCC1. The van der Waals surface area contributed by atoms with Crippen LogP contribution >= 0.6 is 0 Å². The molecule has 0 atom stereocenters. The van der Waals surface area contributed by atoms with Crippen molar-refractivity contribution < 1.29 is 5.11 Å². The average molecular weight is 200 g/mol. The Morgan fingerprint density at radius 2 is 1.43 bits per heavy atom. The van der Waals surface area contributed by atoms with E-state index in [-0.39, 0.29) is 0 Å². The van der Waals surface area contributed by atoms with Gasteiger partial charge >= 0.3 is 0 Å². The number of rotatable bonds is 1. The summed E-state index contributed by atoms with van der Waals surface area (Å²) in [6, 6.07) is 0. The van der Waals surface area contributed by atoms with Crippen molar-refractivity contribution in [3.8, 4) is 0 Å². The topological polar surface area (TPSA) is 44.3 Å². The van der Waals surface area contributed by atoms with Crippen LogP contribution in [0.5, 0.6) is 0 Å². The molecule has 3 N–H and O–H groups in total. The van der Waals surface area contributed by atoms with E-state index in [0.717, 1.165) is 25.9 Å². The lowest BCUT2D eigenvalue weighted by Gasteiger charge is -2.19. The van der Waals surface area contributed by atoms with Crippen LogP contribution in [-0.2, 0) is 0 Å². The van der Waals surface area contributed by atoms with E-state index in [0.29, 0.717) is 12.5 Å². The summed E-state index contributed by atoms with van der Waals surface area (Å²) < 4.78 is 0. The van der Waals surface area contributed by atoms with Gasteiger partial charge in [-0.05, 0) is 57.8 Å². The van der Waals surface area contributed by atoms with Crippen LogP contribution in [0, 0.1) is 5.92 Å². The van der Waals surface area contributed by atoms with E-state index in [1.807, 2.05) is 0 Å². The third-order valence-electron chi connectivity index (χ3n) is 2.92. The first-order chi connectivity index (χ1) is 6.93. The van der Waals surface area contributed by atoms with E-state index in [1.165, 1.54) is 32.4 Å². The maximum Gasteiger partial charge on any atom is 0.0460 e. The molecular formula is C11H24N2O. The Hall–Kier alpha value is -0.120. The molecule has 0 unspecified atom stereocenters. The van der Waals surface area contributed by atoms with Crippen molar-refractivity contribution in [1.29, 1.82) is 0 Å². The average Bonchev–Trinajstić information content (AvgIpc) is 2.33. The largest absolute Gasteiger partial charge is 0.396 e. The van der Waals surface area contributed by atoms with Crippen molar-refractivity contribution in [2.75, 3.05) is 32.8 Å². The highest BCUT2D eigenvalue weighted by Crippen LogP contribution is 2.08. The van der Waals surface area contributed by atoms with Gasteiger partial charge < -0.3 is 15.7 Å². The molecule has 2 rings (SSSR count). The molecule has 2 heterocycles. The van der Waals surface area contributed by atoms with Crippen LogP contribution in [0.4, 0.5) is 0 Å². The van der Waals surface area contributed by atoms with Crippen LogP contribution in [0.2, 0.25) is 0 Å². The number of hydrogen-bond acceptors (Lipinski definition) is 3. The molecule has 0 aromatic rings. The Bertz CT molecular complexity index is 109. The minimum Gasteiger partial charge on any atom is -0.396 e. The Morgan fingerprint density at radius 3 is 1.71 bits per heavy atom. The van der Waals surface area contributed by atoms with Gasteiger partial charge in [-0.15, -0.1) is 0 Å². The van der Waals surface area contributed by atoms with E-state index >= 15 is 0 Å². The molecule has 3 heteroatoms. The van der Waals surface area contributed by atoms with Gasteiger partial charge in [-0.2, -0.15) is 0 Å². The zero-order valence-corrected chi connectivity index (χ0v) is 9.10. The molecule has 0 amide bonds. The van der Waals surface area contributed by atoms with E-state index in [2.05, 4.69) is 10.6 Å². The number of hydrogen-bond donors (Lipinski definition) is 3. The van der Waals surface area contributed by atoms with Crippen LogP contribution < -0.4 is 10.6 Å². The molecule has 14 heavy (non-hydrogen) atoms. The van der Waals surface area contributed by atoms with Gasteiger partial charge in [0.15, 0.2) is 0 Å². The predicted molar refractivity (Wildman–Crippen MR) is 59.4 cm³/mol. The minimum atomic E-state index is 0.377. The van der Waals surface area contributed by atoms with Crippen molar-refractivity contribution in [2.24, 2.45) is 5.92 Å². The standard InChI is InChI=1S/C6H13NO.C5H11N/c8-5-6-1-3-7-4-2-6;1-2-4-6-5-3-1/h6-8H,1-5H2;6H,1-5H2. The first-order valence-corrected chi connectivity index (χ1v) is 5.96. The second-order valence-corrected chi connectivity index (χ2v) is 4.19. The summed E-state index contributed by atoms with van der Waals surface area (Å²) >= 11 is 0. The lowest BCUT2D eigenvalue weighted by molar-refractivity contribution is 0.196. The van der Waals surface area contributed by atoms with Crippen LogP contribution in [0.15, 0.2) is 0 Å². The number of nitrogens with one attached hydrogen (secondary N) is 2. The van der Waals surface area contributed by atoms with Gasteiger partial charge in [0.25, 0.3) is 0 Å². The fourth-order valence-electron chi connectivity index (χ4n) is 1.87. The van der Waals surface area contributed by atoms with Gasteiger partial charge in [-0.3, -0.25) is 0 Å². The Kier molecular flexibility index (Phi) is 7.01. The zero-order valence-electron chi connectivity index (χ0n) is 9.10. The lowest BCUT2D eigenvalue weighted by Crippen LogP contribution is -2.29. The quantitative estimate of drug-likeness (QED) is 0.585. The van der Waals surface area contributed by atoms with E-state index in [1.54, 1.807) is 0 Å². The predicted octanol–water partition coefficient (Wildman–Crippen LogP) is 0.738. The van der Waals surface area contributed by atoms with E-state index in [9.17, 15) is 0 Å². The maximum atomic E-state index is 8.66. The highest BCUT2D eigenvalue weighted by atomic mass is 16.3. The van der Waals surface area contributed by atoms with Gasteiger partial charge in [0.1, 0.15) is 0 Å². The van der Waals surface area contributed by atoms with Crippen molar-refractivity contribution in [3.63, 3.8) is 0 Å². The minimum absolute atomic E-state index is 0.377. The molecule has 2 aliphatic heterocycles. The monoisotopic (exact) mass is 200 g/mol. The van der Waals surface area contributed by atoms with Gasteiger partial charge in [0.05, 0.1) is 0 Å². The first kappa shape index (κ1) is 12.0. The van der Waals surface area contributed by atoms with Gasteiger partial charge in [-0.1, -0.05) is 6.42 Å². The lowest BCUT2D eigenvalue weighted by atomic mass is 10.00. The molecule has 2 fully saturated rings. The Balaban J connectivity index is 0.000000146. The third kappa shape index (κ3) is 5.58. The second kappa shape index (κ2) is 8.21. The summed E-state index contributed by atoms with van der Waals surface area (Å²) in [5.74, 6) is 0.580. The van der Waals surface area contributed by atoms with Gasteiger partial charge in [0.2, 0.25) is 0 Å².